The van der Waals surface area contributed by atoms with Crippen LogP contribution in [-0.4, -0.2) is 17.3 Å². The summed E-state index contributed by atoms with van der Waals surface area (Å²) in [6.45, 7) is 0. The van der Waals surface area contributed by atoms with E-state index in [9.17, 15) is 4.79 Å². The lowest BCUT2D eigenvalue weighted by Gasteiger charge is -2.41. The predicted molar refractivity (Wildman–Crippen MR) is 103 cm³/mol. The monoisotopic (exact) mass is 349 g/mol. The van der Waals surface area contributed by atoms with Gasteiger partial charge in [0, 0.05) is 17.7 Å². The summed E-state index contributed by atoms with van der Waals surface area (Å²) in [6, 6.07) is 16.9. The van der Waals surface area contributed by atoms with E-state index in [0.29, 0.717) is 0 Å². The van der Waals surface area contributed by atoms with E-state index in [4.69, 9.17) is 4.74 Å². The summed E-state index contributed by atoms with van der Waals surface area (Å²) in [5.74, 6) is 0.865. The summed E-state index contributed by atoms with van der Waals surface area (Å²) in [6.07, 6.45) is 6.43. The Hall–Kier alpha value is -2.82. The molecular weight excluding hydrogens is 326 g/mol. The first kappa shape index (κ1) is 16.6. The Balaban J connectivity index is 1.53. The number of fused-ring (bicyclic) bond motifs is 1. The smallest absolute Gasteiger partial charge is 0.339 e. The molecule has 2 amide bonds. The minimum absolute atomic E-state index is 0.178. The number of nitrogens with zero attached hydrogens (tertiary/aromatic N) is 1. The van der Waals surface area contributed by atoms with Crippen LogP contribution in [0.1, 0.15) is 44.1 Å². The van der Waals surface area contributed by atoms with Gasteiger partial charge in [-0.25, -0.2) is 10.2 Å². The zero-order valence-electron chi connectivity index (χ0n) is 14.7. The topological polar surface area (TPSA) is 62.7 Å². The molecular formula is C21H23N3O2. The second-order valence-electron chi connectivity index (χ2n) is 7.01. The highest BCUT2D eigenvalue weighted by Crippen LogP contribution is 2.41. The van der Waals surface area contributed by atoms with Gasteiger partial charge in [-0.2, -0.15) is 5.10 Å². The van der Waals surface area contributed by atoms with Crippen molar-refractivity contribution in [2.45, 2.75) is 44.1 Å². The highest BCUT2D eigenvalue weighted by molar-refractivity contribution is 6.05. The molecule has 5 nitrogen and oxygen atoms in total. The standard InChI is InChI=1S/C21H23N3O2/c25-20(22-16-9-3-1-4-10-16)24-23-18-15-21(13-7-2-8-14-21)26-19-12-6-5-11-17(18)19/h1,3-6,9-12H,2,7-8,13-15H2,(H2,22,24,25)/b23-18+. The van der Waals surface area contributed by atoms with Gasteiger partial charge in [-0.05, 0) is 49.9 Å². The third-order valence-corrected chi connectivity index (χ3v) is 5.10. The van der Waals surface area contributed by atoms with Crippen molar-refractivity contribution in [1.29, 1.82) is 0 Å². The average molecular weight is 349 g/mol. The van der Waals surface area contributed by atoms with Crippen molar-refractivity contribution in [3.63, 3.8) is 0 Å². The molecule has 0 bridgehead atoms. The number of carbonyl (C=O) groups is 1. The zero-order chi connectivity index (χ0) is 17.8. The van der Waals surface area contributed by atoms with E-state index in [0.717, 1.165) is 42.0 Å². The van der Waals surface area contributed by atoms with Crippen molar-refractivity contribution in [3.8, 4) is 5.75 Å². The number of nitrogens with one attached hydrogen (secondary N) is 2. The maximum absolute atomic E-state index is 12.2. The molecule has 0 unspecified atom stereocenters. The molecule has 2 N–H and O–H groups in total. The van der Waals surface area contributed by atoms with Crippen LogP contribution in [0.5, 0.6) is 5.75 Å². The normalized spacial score (nSPS) is 19.5. The number of hydrogen-bond acceptors (Lipinski definition) is 3. The Morgan fingerprint density at radius 3 is 2.50 bits per heavy atom. The molecule has 1 saturated carbocycles. The van der Waals surface area contributed by atoms with Crippen LogP contribution in [0, 0.1) is 0 Å². The van der Waals surface area contributed by atoms with Crippen LogP contribution in [0.2, 0.25) is 0 Å². The van der Waals surface area contributed by atoms with Gasteiger partial charge < -0.3 is 10.1 Å². The lowest BCUT2D eigenvalue weighted by Crippen LogP contribution is -2.44. The zero-order valence-corrected chi connectivity index (χ0v) is 14.7. The molecule has 134 valence electrons. The van der Waals surface area contributed by atoms with Crippen LogP contribution in [0.15, 0.2) is 59.7 Å². The highest BCUT2D eigenvalue weighted by Gasteiger charge is 2.40. The minimum Gasteiger partial charge on any atom is -0.486 e. The molecule has 26 heavy (non-hydrogen) atoms. The van der Waals surface area contributed by atoms with Gasteiger partial charge in [0.1, 0.15) is 11.4 Å². The minimum atomic E-state index is -0.342. The number of hydrogen-bond donors (Lipinski definition) is 2. The summed E-state index contributed by atoms with van der Waals surface area (Å²) < 4.78 is 6.38. The number of hydrazone groups is 1. The number of carbonyl (C=O) groups excluding carboxylic acids is 1. The number of urea groups is 1. The quantitative estimate of drug-likeness (QED) is 0.772. The number of ether oxygens (including phenoxy) is 1. The number of para-hydroxylation sites is 2. The van der Waals surface area contributed by atoms with Crippen molar-refractivity contribution in [2.75, 3.05) is 5.32 Å². The van der Waals surface area contributed by atoms with Crippen LogP contribution < -0.4 is 15.5 Å². The Morgan fingerprint density at radius 2 is 1.69 bits per heavy atom. The number of benzene rings is 2. The lowest BCUT2D eigenvalue weighted by molar-refractivity contribution is 0.0320. The van der Waals surface area contributed by atoms with Gasteiger partial charge in [-0.3, -0.25) is 0 Å². The van der Waals surface area contributed by atoms with Gasteiger partial charge in [0.25, 0.3) is 0 Å². The van der Waals surface area contributed by atoms with E-state index in [1.165, 1.54) is 19.3 Å². The van der Waals surface area contributed by atoms with Gasteiger partial charge in [-0.1, -0.05) is 36.8 Å². The number of rotatable bonds is 2. The fourth-order valence-corrected chi connectivity index (χ4v) is 3.84. The van der Waals surface area contributed by atoms with E-state index in [1.54, 1.807) is 0 Å². The highest BCUT2D eigenvalue weighted by atomic mass is 16.5. The molecule has 1 fully saturated rings. The molecule has 1 heterocycles. The van der Waals surface area contributed by atoms with Crippen LogP contribution in [0.25, 0.3) is 0 Å². The fraction of sp³-hybridized carbons (Fsp3) is 0.333. The Bertz CT molecular complexity index is 811. The molecule has 1 aliphatic heterocycles. The van der Waals surface area contributed by atoms with E-state index in [1.807, 2.05) is 54.6 Å². The third kappa shape index (κ3) is 3.57. The molecule has 4 rings (SSSR count). The number of amides is 2. The Kier molecular flexibility index (Phi) is 4.61. The second-order valence-corrected chi connectivity index (χ2v) is 7.01. The van der Waals surface area contributed by atoms with Gasteiger partial charge in [0.2, 0.25) is 0 Å². The molecule has 2 aromatic rings. The molecule has 0 atom stereocenters. The molecule has 2 aromatic carbocycles. The van der Waals surface area contributed by atoms with E-state index in [2.05, 4.69) is 15.8 Å². The first-order chi connectivity index (χ1) is 12.7. The van der Waals surface area contributed by atoms with Crippen LogP contribution in [-0.2, 0) is 0 Å². The van der Waals surface area contributed by atoms with Crippen molar-refractivity contribution in [3.05, 3.63) is 60.2 Å². The van der Waals surface area contributed by atoms with Crippen molar-refractivity contribution in [1.82, 2.24) is 5.43 Å². The maximum atomic E-state index is 12.2. The van der Waals surface area contributed by atoms with E-state index in [-0.39, 0.29) is 11.6 Å². The SMILES string of the molecule is O=C(N/N=C1\CC2(CCCCC2)Oc2ccccc21)Nc1ccccc1. The summed E-state index contributed by atoms with van der Waals surface area (Å²) in [4.78, 5) is 12.2. The molecule has 1 spiro atoms. The first-order valence-electron chi connectivity index (χ1n) is 9.21. The van der Waals surface area contributed by atoms with Crippen LogP contribution >= 0.6 is 0 Å². The van der Waals surface area contributed by atoms with Crippen molar-refractivity contribution < 1.29 is 9.53 Å². The lowest BCUT2D eigenvalue weighted by atomic mass is 9.78. The molecule has 5 heteroatoms. The second kappa shape index (κ2) is 7.20. The van der Waals surface area contributed by atoms with Crippen LogP contribution in [0.3, 0.4) is 0 Å². The Morgan fingerprint density at radius 1 is 0.962 bits per heavy atom. The molecule has 0 radical (unpaired) electrons. The average Bonchev–Trinajstić information content (AvgIpc) is 2.67. The predicted octanol–water partition coefficient (Wildman–Crippen LogP) is 4.70. The van der Waals surface area contributed by atoms with Crippen molar-refractivity contribution >= 4 is 17.4 Å². The summed E-state index contributed by atoms with van der Waals surface area (Å²) in [5.41, 5.74) is 5.05. The van der Waals surface area contributed by atoms with Gasteiger partial charge in [-0.15, -0.1) is 0 Å². The third-order valence-electron chi connectivity index (χ3n) is 5.10. The van der Waals surface area contributed by atoms with Gasteiger partial charge >= 0.3 is 6.03 Å². The van der Waals surface area contributed by atoms with Crippen molar-refractivity contribution in [2.24, 2.45) is 5.10 Å². The Labute approximate surface area is 153 Å². The van der Waals surface area contributed by atoms with E-state index < -0.39 is 0 Å². The summed E-state index contributed by atoms with van der Waals surface area (Å²) in [7, 11) is 0. The molecule has 0 aromatic heterocycles. The summed E-state index contributed by atoms with van der Waals surface area (Å²) in [5, 5.41) is 7.23. The molecule has 2 aliphatic rings. The number of anilines is 1. The van der Waals surface area contributed by atoms with E-state index >= 15 is 0 Å². The van der Waals surface area contributed by atoms with Gasteiger partial charge in [0.05, 0.1) is 5.71 Å². The van der Waals surface area contributed by atoms with Crippen LogP contribution in [0.4, 0.5) is 10.5 Å². The maximum Gasteiger partial charge on any atom is 0.339 e. The first-order valence-corrected chi connectivity index (χ1v) is 9.21. The largest absolute Gasteiger partial charge is 0.486 e. The fourth-order valence-electron chi connectivity index (χ4n) is 3.84. The van der Waals surface area contributed by atoms with Gasteiger partial charge in [0.15, 0.2) is 0 Å². The molecule has 0 saturated heterocycles. The summed E-state index contributed by atoms with van der Waals surface area (Å²) >= 11 is 0. The molecule has 1 aliphatic carbocycles.